The lowest BCUT2D eigenvalue weighted by Gasteiger charge is -2.33. The summed E-state index contributed by atoms with van der Waals surface area (Å²) < 4.78 is 31.7. The van der Waals surface area contributed by atoms with Gasteiger partial charge in [-0.25, -0.2) is 17.5 Å². The summed E-state index contributed by atoms with van der Waals surface area (Å²) >= 11 is 0. The number of hydrogen-bond donors (Lipinski definition) is 3. The number of carbonyl (C=O) groups is 2. The molecule has 1 fully saturated rings. The van der Waals surface area contributed by atoms with E-state index in [9.17, 15) is 23.1 Å². The summed E-state index contributed by atoms with van der Waals surface area (Å²) in [6, 6.07) is 4.63. The zero-order valence-corrected chi connectivity index (χ0v) is 22.5. The lowest BCUT2D eigenvalue weighted by Crippen LogP contribution is -2.48. The first-order valence-electron chi connectivity index (χ1n) is 12.7. The largest absolute Gasteiger partial charge is 0.488 e. The van der Waals surface area contributed by atoms with Crippen LogP contribution in [-0.2, 0) is 21.2 Å². The van der Waals surface area contributed by atoms with E-state index in [1.165, 1.54) is 17.8 Å². The van der Waals surface area contributed by atoms with E-state index in [-0.39, 0.29) is 43.5 Å². The zero-order valence-electron chi connectivity index (χ0n) is 21.7. The average molecular weight is 525 g/mol. The monoisotopic (exact) mass is 524 g/mol. The Bertz CT molecular complexity index is 1030. The van der Waals surface area contributed by atoms with Crippen LogP contribution in [0.3, 0.4) is 0 Å². The van der Waals surface area contributed by atoms with Crippen molar-refractivity contribution in [3.8, 4) is 5.75 Å². The van der Waals surface area contributed by atoms with Crippen molar-refractivity contribution in [1.82, 2.24) is 14.5 Å². The number of ether oxygens (including phenoxy) is 1. The molecule has 0 aromatic heterocycles. The number of nitrogens with one attached hydrogen (secondary N) is 2. The topological polar surface area (TPSA) is 128 Å². The van der Waals surface area contributed by atoms with Gasteiger partial charge in [-0.1, -0.05) is 26.2 Å². The molecule has 1 aliphatic carbocycles. The van der Waals surface area contributed by atoms with Crippen LogP contribution in [0.25, 0.3) is 0 Å². The number of urea groups is 1. The van der Waals surface area contributed by atoms with Crippen LogP contribution in [0.5, 0.6) is 5.75 Å². The van der Waals surface area contributed by atoms with Gasteiger partial charge in [0.15, 0.2) is 0 Å². The minimum absolute atomic E-state index is 0.0286. The summed E-state index contributed by atoms with van der Waals surface area (Å²) in [4.78, 5) is 27.4. The Morgan fingerprint density at radius 3 is 2.61 bits per heavy atom. The summed E-state index contributed by atoms with van der Waals surface area (Å²) in [6.07, 6.45) is 6.00. The molecule has 1 heterocycles. The molecule has 3 amide bonds. The Morgan fingerprint density at radius 1 is 1.28 bits per heavy atom. The number of aliphatic hydroxyl groups excluding tert-OH is 1. The minimum atomic E-state index is -3.43. The van der Waals surface area contributed by atoms with E-state index in [2.05, 4.69) is 10.6 Å². The van der Waals surface area contributed by atoms with E-state index in [4.69, 9.17) is 4.74 Å². The molecule has 36 heavy (non-hydrogen) atoms. The first kappa shape index (κ1) is 28.2. The molecule has 3 rings (SSSR count). The smallest absolute Gasteiger partial charge is 0.319 e. The molecule has 1 saturated carbocycles. The molecule has 202 valence electrons. The van der Waals surface area contributed by atoms with Crippen LogP contribution in [0.2, 0.25) is 0 Å². The predicted molar refractivity (Wildman–Crippen MR) is 138 cm³/mol. The molecule has 0 bridgehead atoms. The molecule has 10 nitrogen and oxygen atoms in total. The van der Waals surface area contributed by atoms with Gasteiger partial charge in [-0.05, 0) is 38.0 Å². The molecule has 3 atom stereocenters. The lowest BCUT2D eigenvalue weighted by atomic mass is 9.96. The van der Waals surface area contributed by atoms with Crippen molar-refractivity contribution in [2.24, 2.45) is 5.92 Å². The van der Waals surface area contributed by atoms with Crippen molar-refractivity contribution in [3.63, 3.8) is 0 Å². The van der Waals surface area contributed by atoms with Gasteiger partial charge in [0.1, 0.15) is 11.9 Å². The number of hydrogen-bond acceptors (Lipinski definition) is 6. The van der Waals surface area contributed by atoms with Crippen molar-refractivity contribution in [2.45, 2.75) is 70.6 Å². The van der Waals surface area contributed by atoms with E-state index in [1.54, 1.807) is 30.0 Å². The fourth-order valence-corrected chi connectivity index (χ4v) is 5.13. The Balaban J connectivity index is 1.86. The number of carbonyl (C=O) groups excluding carboxylic acids is 2. The van der Waals surface area contributed by atoms with Gasteiger partial charge in [-0.2, -0.15) is 0 Å². The molecule has 0 unspecified atom stereocenters. The SMILES string of the molecule is C[C@@H]1CN([C@@H](C)CO)C(=O)Cc2cc(NC(=O)NC3CCCCC3)ccc2O[C@H]1CN(C)S(C)(=O)=O. The maximum absolute atomic E-state index is 13.3. The number of anilines is 1. The molecule has 11 heteroatoms. The Morgan fingerprint density at radius 2 is 1.97 bits per heavy atom. The summed E-state index contributed by atoms with van der Waals surface area (Å²) in [5.41, 5.74) is 1.13. The van der Waals surface area contributed by atoms with Crippen molar-refractivity contribution in [2.75, 3.05) is 38.3 Å². The lowest BCUT2D eigenvalue weighted by molar-refractivity contribution is -0.134. The number of nitrogens with zero attached hydrogens (tertiary/aromatic N) is 2. The molecule has 0 saturated heterocycles. The first-order chi connectivity index (χ1) is 17.0. The highest BCUT2D eigenvalue weighted by atomic mass is 32.2. The minimum Gasteiger partial charge on any atom is -0.488 e. The molecular formula is C25H40N4O6S. The summed E-state index contributed by atoms with van der Waals surface area (Å²) in [5, 5.41) is 15.6. The van der Waals surface area contributed by atoms with Crippen LogP contribution in [0, 0.1) is 5.92 Å². The number of fused-ring (bicyclic) bond motifs is 1. The first-order valence-corrected chi connectivity index (χ1v) is 14.5. The van der Waals surface area contributed by atoms with Crippen molar-refractivity contribution >= 4 is 27.6 Å². The van der Waals surface area contributed by atoms with E-state index < -0.39 is 22.2 Å². The number of likely N-dealkylation sites (N-methyl/N-ethyl adjacent to an activating group) is 1. The highest BCUT2D eigenvalue weighted by Gasteiger charge is 2.32. The summed E-state index contributed by atoms with van der Waals surface area (Å²) in [7, 11) is -1.94. The van der Waals surface area contributed by atoms with E-state index >= 15 is 0 Å². The standard InChI is InChI=1S/C25H40N4O6S/c1-17-14-29(18(2)16-30)24(31)13-19-12-21(27-25(32)26-20-8-6-5-7-9-20)10-11-22(19)35-23(17)15-28(3)36(4,33)34/h10-12,17-18,20,23,30H,5-9,13-16H2,1-4H3,(H2,26,27,32)/t17-,18+,23+/m1/s1. The van der Waals surface area contributed by atoms with Gasteiger partial charge >= 0.3 is 6.03 Å². The molecule has 3 N–H and O–H groups in total. The second-order valence-corrected chi connectivity index (χ2v) is 12.3. The van der Waals surface area contributed by atoms with E-state index in [1.807, 2.05) is 6.92 Å². The van der Waals surface area contributed by atoms with E-state index in [0.717, 1.165) is 31.9 Å². The zero-order chi connectivity index (χ0) is 26.5. The third-order valence-corrected chi connectivity index (χ3v) is 8.40. The average Bonchev–Trinajstić information content (AvgIpc) is 2.86. The van der Waals surface area contributed by atoms with Gasteiger partial charge in [-0.15, -0.1) is 0 Å². The Hall–Kier alpha value is -2.37. The second-order valence-electron chi connectivity index (χ2n) is 10.2. The normalized spacial score (nSPS) is 22.6. The van der Waals surface area contributed by atoms with Crippen molar-refractivity contribution < 1.29 is 27.9 Å². The highest BCUT2D eigenvalue weighted by molar-refractivity contribution is 7.88. The van der Waals surface area contributed by atoms with Crippen LogP contribution in [0.4, 0.5) is 10.5 Å². The fraction of sp³-hybridized carbons (Fsp3) is 0.680. The molecule has 1 aliphatic heterocycles. The molecule has 2 aliphatic rings. The van der Waals surface area contributed by atoms with Gasteiger partial charge in [-0.3, -0.25) is 4.79 Å². The third kappa shape index (κ3) is 7.57. The predicted octanol–water partition coefficient (Wildman–Crippen LogP) is 2.18. The van der Waals surface area contributed by atoms with Crippen LogP contribution in [0.15, 0.2) is 18.2 Å². The van der Waals surface area contributed by atoms with Crippen LogP contribution in [-0.4, -0.2) is 85.9 Å². The number of benzene rings is 1. The van der Waals surface area contributed by atoms with Gasteiger partial charge in [0.2, 0.25) is 15.9 Å². The van der Waals surface area contributed by atoms with Crippen molar-refractivity contribution in [1.29, 1.82) is 0 Å². The quantitative estimate of drug-likeness (QED) is 0.502. The number of sulfonamides is 1. The maximum Gasteiger partial charge on any atom is 0.319 e. The number of aliphatic hydroxyl groups is 1. The summed E-state index contributed by atoms with van der Waals surface area (Å²) in [5.74, 6) is 0.0881. The number of amides is 3. The maximum atomic E-state index is 13.3. The third-order valence-electron chi connectivity index (χ3n) is 7.12. The van der Waals surface area contributed by atoms with Crippen LogP contribution >= 0.6 is 0 Å². The molecular weight excluding hydrogens is 484 g/mol. The molecule has 0 radical (unpaired) electrons. The second kappa shape index (κ2) is 12.2. The molecule has 0 spiro atoms. The highest BCUT2D eigenvalue weighted by Crippen LogP contribution is 2.29. The Labute approximate surface area is 214 Å². The van der Waals surface area contributed by atoms with Gasteiger partial charge < -0.3 is 25.4 Å². The molecule has 1 aromatic carbocycles. The van der Waals surface area contributed by atoms with Gasteiger partial charge in [0, 0.05) is 36.8 Å². The fourth-order valence-electron chi connectivity index (χ4n) is 4.71. The Kier molecular flexibility index (Phi) is 9.59. The van der Waals surface area contributed by atoms with Gasteiger partial charge in [0.25, 0.3) is 0 Å². The summed E-state index contributed by atoms with van der Waals surface area (Å²) in [6.45, 7) is 3.91. The van der Waals surface area contributed by atoms with E-state index in [0.29, 0.717) is 23.5 Å². The van der Waals surface area contributed by atoms with Gasteiger partial charge in [0.05, 0.1) is 31.9 Å². The number of rotatable bonds is 7. The molecule has 1 aromatic rings. The van der Waals surface area contributed by atoms with Crippen molar-refractivity contribution in [3.05, 3.63) is 23.8 Å². The van der Waals surface area contributed by atoms with Crippen LogP contribution in [0.1, 0.15) is 51.5 Å². The van der Waals surface area contributed by atoms with Crippen LogP contribution < -0.4 is 15.4 Å².